The molecule has 0 N–H and O–H groups in total. The number of nitrogens with zero attached hydrogens (tertiary/aromatic N) is 1. The largest absolute Gasteiger partial charge is 0.318 e. The average Bonchev–Trinajstić information content (AvgIpc) is 3.10. The van der Waals surface area contributed by atoms with Crippen LogP contribution < -0.4 is 10.6 Å². The lowest BCUT2D eigenvalue weighted by Crippen LogP contribution is -2.34. The summed E-state index contributed by atoms with van der Waals surface area (Å²) in [6.07, 6.45) is 0.215. The first kappa shape index (κ1) is 18.1. The van der Waals surface area contributed by atoms with Crippen LogP contribution in [0.2, 0.25) is 0 Å². The molecule has 1 amide bonds. The average molecular weight is 393 g/mol. The molecule has 1 aliphatic heterocycles. The van der Waals surface area contributed by atoms with Gasteiger partial charge in [-0.2, -0.15) is 0 Å². The van der Waals surface area contributed by atoms with Crippen molar-refractivity contribution in [1.82, 2.24) is 4.90 Å². The summed E-state index contributed by atoms with van der Waals surface area (Å²) >= 11 is 1.60. The molecule has 3 aromatic rings. The van der Waals surface area contributed by atoms with Crippen LogP contribution in [0.4, 0.5) is 0 Å². The van der Waals surface area contributed by atoms with Crippen molar-refractivity contribution in [3.05, 3.63) is 96.6 Å². The number of rotatable bonds is 5. The van der Waals surface area contributed by atoms with Crippen molar-refractivity contribution < 1.29 is 9.36 Å². The fraction of sp³-hybridized carbons (Fsp3) is 0.136. The molecule has 3 nitrogen and oxygen atoms in total. The predicted octanol–water partition coefficient (Wildman–Crippen LogP) is 4.23. The Hall–Kier alpha value is -2.29. The third-order valence-corrected chi connectivity index (χ3v) is 8.97. The Bertz CT molecular complexity index is 920. The van der Waals surface area contributed by atoms with Crippen molar-refractivity contribution in [1.29, 1.82) is 0 Å². The van der Waals surface area contributed by atoms with Gasteiger partial charge in [0.05, 0.1) is 12.0 Å². The van der Waals surface area contributed by atoms with Gasteiger partial charge in [-0.1, -0.05) is 91.0 Å². The third kappa shape index (κ3) is 3.60. The van der Waals surface area contributed by atoms with Gasteiger partial charge in [0.25, 0.3) is 0 Å². The number of thioether (sulfide) groups is 1. The van der Waals surface area contributed by atoms with Crippen LogP contribution in [0.15, 0.2) is 91.0 Å². The molecule has 4 rings (SSSR count). The van der Waals surface area contributed by atoms with Crippen molar-refractivity contribution in [3.63, 3.8) is 0 Å². The molecule has 1 atom stereocenters. The fourth-order valence-electron chi connectivity index (χ4n) is 3.37. The van der Waals surface area contributed by atoms with Crippen LogP contribution in [0.25, 0.3) is 0 Å². The van der Waals surface area contributed by atoms with Crippen molar-refractivity contribution in [2.45, 2.75) is 5.37 Å². The Morgan fingerprint density at radius 2 is 1.30 bits per heavy atom. The van der Waals surface area contributed by atoms with E-state index in [0.29, 0.717) is 5.75 Å². The number of hydrogen-bond acceptors (Lipinski definition) is 3. The molecular formula is C22H20NO2PS. The predicted molar refractivity (Wildman–Crippen MR) is 113 cm³/mol. The minimum atomic E-state index is -2.98. The molecule has 0 saturated carbocycles. The highest BCUT2D eigenvalue weighted by Gasteiger charge is 2.39. The molecule has 3 aromatic carbocycles. The number of benzene rings is 3. The number of amides is 1. The van der Waals surface area contributed by atoms with Gasteiger partial charge >= 0.3 is 0 Å². The van der Waals surface area contributed by atoms with Gasteiger partial charge in [-0.05, 0) is 5.56 Å². The molecule has 1 saturated heterocycles. The van der Waals surface area contributed by atoms with Gasteiger partial charge in [-0.15, -0.1) is 11.8 Å². The SMILES string of the molecule is O=C1CSC(c2ccccc2)N1CP(=O)(c1ccccc1)c1ccccc1. The summed E-state index contributed by atoms with van der Waals surface area (Å²) in [5.74, 6) is 0.462. The summed E-state index contributed by atoms with van der Waals surface area (Å²) in [7, 11) is -2.98. The number of carbonyl (C=O) groups is 1. The highest BCUT2D eigenvalue weighted by Crippen LogP contribution is 2.49. The quantitative estimate of drug-likeness (QED) is 0.609. The molecule has 0 bridgehead atoms. The maximum Gasteiger partial charge on any atom is 0.234 e. The van der Waals surface area contributed by atoms with Gasteiger partial charge in [0.2, 0.25) is 5.91 Å². The van der Waals surface area contributed by atoms with Gasteiger partial charge < -0.3 is 9.46 Å². The summed E-state index contributed by atoms with van der Waals surface area (Å²) in [6, 6.07) is 29.0. The van der Waals surface area contributed by atoms with Crippen molar-refractivity contribution in [2.75, 3.05) is 12.0 Å². The minimum Gasteiger partial charge on any atom is -0.318 e. The van der Waals surface area contributed by atoms with E-state index in [1.165, 1.54) is 0 Å². The van der Waals surface area contributed by atoms with E-state index in [4.69, 9.17) is 0 Å². The Morgan fingerprint density at radius 1 is 0.815 bits per heavy atom. The van der Waals surface area contributed by atoms with Crippen LogP contribution in [0.3, 0.4) is 0 Å². The zero-order valence-corrected chi connectivity index (χ0v) is 16.5. The molecule has 0 radical (unpaired) electrons. The van der Waals surface area contributed by atoms with Crippen LogP contribution in [0.1, 0.15) is 10.9 Å². The molecule has 1 aliphatic rings. The third-order valence-electron chi connectivity index (χ3n) is 4.75. The summed E-state index contributed by atoms with van der Waals surface area (Å²) in [6.45, 7) is 0. The lowest BCUT2D eigenvalue weighted by atomic mass is 10.2. The topological polar surface area (TPSA) is 37.4 Å². The van der Waals surface area contributed by atoms with Crippen LogP contribution in [0.5, 0.6) is 0 Å². The van der Waals surface area contributed by atoms with Crippen LogP contribution in [-0.2, 0) is 9.36 Å². The zero-order chi connectivity index (χ0) is 18.7. The molecule has 136 valence electrons. The highest BCUT2D eigenvalue weighted by molar-refractivity contribution is 8.00. The van der Waals surface area contributed by atoms with E-state index in [0.717, 1.165) is 16.2 Å². The summed E-state index contributed by atoms with van der Waals surface area (Å²) in [4.78, 5) is 14.5. The number of hydrogen-bond donors (Lipinski definition) is 0. The van der Waals surface area contributed by atoms with Gasteiger partial charge in [-0.3, -0.25) is 4.79 Å². The van der Waals surface area contributed by atoms with Crippen LogP contribution >= 0.6 is 18.9 Å². The second kappa shape index (κ2) is 7.75. The molecule has 1 fully saturated rings. The smallest absolute Gasteiger partial charge is 0.234 e. The summed E-state index contributed by atoms with van der Waals surface area (Å²) < 4.78 is 14.3. The molecule has 5 heteroatoms. The van der Waals surface area contributed by atoms with Crippen molar-refractivity contribution in [2.24, 2.45) is 0 Å². The molecule has 1 unspecified atom stereocenters. The van der Waals surface area contributed by atoms with Gasteiger partial charge in [-0.25, -0.2) is 0 Å². The van der Waals surface area contributed by atoms with E-state index in [-0.39, 0.29) is 17.6 Å². The van der Waals surface area contributed by atoms with E-state index in [1.54, 1.807) is 16.7 Å². The Balaban J connectivity index is 1.75. The molecular weight excluding hydrogens is 373 g/mol. The van der Waals surface area contributed by atoms with Gasteiger partial charge in [0.1, 0.15) is 5.37 Å². The Kier molecular flexibility index (Phi) is 5.20. The summed E-state index contributed by atoms with van der Waals surface area (Å²) in [5.41, 5.74) is 1.07. The van der Waals surface area contributed by atoms with E-state index >= 15 is 0 Å². The zero-order valence-electron chi connectivity index (χ0n) is 14.8. The first-order chi connectivity index (χ1) is 13.2. The maximum absolute atomic E-state index is 14.3. The van der Waals surface area contributed by atoms with E-state index in [9.17, 15) is 9.36 Å². The number of carbonyl (C=O) groups excluding carboxylic acids is 1. The van der Waals surface area contributed by atoms with E-state index in [2.05, 4.69) is 0 Å². The Labute approximate surface area is 163 Å². The Morgan fingerprint density at radius 3 is 1.81 bits per heavy atom. The monoisotopic (exact) mass is 393 g/mol. The van der Waals surface area contributed by atoms with E-state index < -0.39 is 7.14 Å². The van der Waals surface area contributed by atoms with E-state index in [1.807, 2.05) is 91.0 Å². The first-order valence-corrected chi connectivity index (χ1v) is 11.8. The van der Waals surface area contributed by atoms with Crippen LogP contribution in [0, 0.1) is 0 Å². The molecule has 0 aromatic heterocycles. The molecule has 1 heterocycles. The lowest BCUT2D eigenvalue weighted by molar-refractivity contribution is -0.127. The second-order valence-corrected chi connectivity index (χ2v) is 10.4. The normalized spacial score (nSPS) is 17.3. The standard InChI is InChI=1S/C22H20NO2PS/c24-21-16-27-22(18-10-4-1-5-11-18)23(21)17-26(25,19-12-6-2-7-13-19)20-14-8-3-9-15-20/h1-15,22H,16-17H2. The molecule has 0 spiro atoms. The molecule has 27 heavy (non-hydrogen) atoms. The first-order valence-electron chi connectivity index (χ1n) is 8.85. The fourth-order valence-corrected chi connectivity index (χ4v) is 7.35. The lowest BCUT2D eigenvalue weighted by Gasteiger charge is -2.29. The van der Waals surface area contributed by atoms with Gasteiger partial charge in [0.15, 0.2) is 7.14 Å². The van der Waals surface area contributed by atoms with Crippen molar-refractivity contribution >= 4 is 35.4 Å². The maximum atomic E-state index is 14.3. The van der Waals surface area contributed by atoms with Gasteiger partial charge in [0, 0.05) is 10.6 Å². The molecule has 0 aliphatic carbocycles. The highest BCUT2D eigenvalue weighted by atomic mass is 32.2. The summed E-state index contributed by atoms with van der Waals surface area (Å²) in [5, 5.41) is 1.47. The van der Waals surface area contributed by atoms with Crippen LogP contribution in [-0.4, -0.2) is 22.8 Å². The minimum absolute atomic E-state index is 0.0425. The van der Waals surface area contributed by atoms with Crippen molar-refractivity contribution in [3.8, 4) is 0 Å². The second-order valence-electron chi connectivity index (χ2n) is 6.49.